The molecule has 36 heavy (non-hydrogen) atoms. The van der Waals surface area contributed by atoms with Crippen molar-refractivity contribution in [2.75, 3.05) is 12.9 Å². The zero-order valence-electron chi connectivity index (χ0n) is 21.1. The molecule has 1 heterocycles. The van der Waals surface area contributed by atoms with E-state index in [-0.39, 0.29) is 18.8 Å². The maximum absolute atomic E-state index is 13.0. The maximum atomic E-state index is 13.0. The molecule has 0 aliphatic carbocycles. The third kappa shape index (κ3) is 6.23. The van der Waals surface area contributed by atoms with Crippen LogP contribution in [0.2, 0.25) is 0 Å². The van der Waals surface area contributed by atoms with Gasteiger partial charge in [-0.15, -0.1) is 0 Å². The number of methoxy groups -OCH3 is 1. The second-order valence-electron chi connectivity index (χ2n) is 9.78. The van der Waals surface area contributed by atoms with Crippen LogP contribution in [0.15, 0.2) is 48.5 Å². The van der Waals surface area contributed by atoms with Crippen molar-refractivity contribution in [2.45, 2.75) is 58.2 Å². The number of rotatable bonds is 7. The van der Waals surface area contributed by atoms with Gasteiger partial charge in [-0.2, -0.15) is 0 Å². The predicted octanol–water partition coefficient (Wildman–Crippen LogP) is 3.06. The van der Waals surface area contributed by atoms with E-state index in [1.54, 1.807) is 45.9 Å². The van der Waals surface area contributed by atoms with E-state index in [0.29, 0.717) is 16.7 Å². The van der Waals surface area contributed by atoms with E-state index in [1.165, 1.54) is 7.11 Å². The maximum Gasteiger partial charge on any atom is 0.408 e. The summed E-state index contributed by atoms with van der Waals surface area (Å²) < 4.78 is 36.4. The highest BCUT2D eigenvalue weighted by molar-refractivity contribution is 7.90. The van der Waals surface area contributed by atoms with Crippen molar-refractivity contribution in [3.63, 3.8) is 0 Å². The Hall–Kier alpha value is -3.40. The van der Waals surface area contributed by atoms with Crippen LogP contribution in [0.3, 0.4) is 0 Å². The van der Waals surface area contributed by atoms with Crippen LogP contribution < -0.4 is 5.32 Å². The molecule has 0 bridgehead atoms. The number of hydrogen-bond donors (Lipinski definition) is 1. The van der Waals surface area contributed by atoms with Crippen LogP contribution in [0, 0.1) is 6.92 Å². The van der Waals surface area contributed by atoms with Gasteiger partial charge in [0.15, 0.2) is 0 Å². The first-order chi connectivity index (χ1) is 16.8. The van der Waals surface area contributed by atoms with E-state index in [4.69, 9.17) is 9.47 Å². The molecule has 1 saturated heterocycles. The Balaban J connectivity index is 1.73. The van der Waals surface area contributed by atoms with Gasteiger partial charge in [0.05, 0.1) is 24.3 Å². The fourth-order valence-corrected chi connectivity index (χ4v) is 6.47. The lowest BCUT2D eigenvalue weighted by molar-refractivity contribution is -0.143. The molecule has 1 aliphatic heterocycles. The molecule has 0 radical (unpaired) electrons. The molecule has 2 atom stereocenters. The summed E-state index contributed by atoms with van der Waals surface area (Å²) >= 11 is 0. The molecule has 2 aromatic carbocycles. The van der Waals surface area contributed by atoms with Crippen LogP contribution in [-0.4, -0.2) is 55.1 Å². The Kier molecular flexibility index (Phi) is 8.08. The monoisotopic (exact) mass is 516 g/mol. The Morgan fingerprint density at radius 3 is 2.33 bits per heavy atom. The first-order valence-corrected chi connectivity index (χ1v) is 13.2. The number of sulfonamides is 1. The summed E-state index contributed by atoms with van der Waals surface area (Å²) in [5.74, 6) is -2.17. The molecule has 194 valence electrons. The molecular weight excluding hydrogens is 484 g/mol. The zero-order chi connectivity index (χ0) is 26.7. The van der Waals surface area contributed by atoms with Gasteiger partial charge in [-0.05, 0) is 49.9 Å². The Morgan fingerprint density at radius 1 is 1.11 bits per heavy atom. The summed E-state index contributed by atoms with van der Waals surface area (Å²) in [6.45, 7) is 6.90. The minimum atomic E-state index is -3.73. The lowest BCUT2D eigenvalue weighted by Crippen LogP contribution is -2.45. The minimum absolute atomic E-state index is 0.0538. The number of aryl methyl sites for hydroxylation is 1. The zero-order valence-corrected chi connectivity index (χ0v) is 21.9. The molecule has 9 nitrogen and oxygen atoms in total. The standard InChI is InChI=1S/C26H32N2O7S/c1-17-13-19(11-12-20(17)21-16-36(32,33)28(23(21)29)26(2,3)4)14-22(24(30)34-5)27-25(31)35-15-18-9-7-6-8-10-18/h6-13,21-22H,14-16H2,1-5H3,(H,27,31)/t21?,22-/m0/s1. The minimum Gasteiger partial charge on any atom is -0.467 e. The average molecular weight is 517 g/mol. The van der Waals surface area contributed by atoms with E-state index in [1.807, 2.05) is 30.3 Å². The van der Waals surface area contributed by atoms with E-state index < -0.39 is 45.5 Å². The van der Waals surface area contributed by atoms with Gasteiger partial charge < -0.3 is 14.8 Å². The summed E-state index contributed by atoms with van der Waals surface area (Å²) in [5, 5.41) is 2.54. The van der Waals surface area contributed by atoms with Crippen molar-refractivity contribution >= 4 is 28.0 Å². The quantitative estimate of drug-likeness (QED) is 0.562. The smallest absolute Gasteiger partial charge is 0.408 e. The van der Waals surface area contributed by atoms with Gasteiger partial charge in [0.2, 0.25) is 15.9 Å². The Labute approximate surface area is 211 Å². The molecule has 1 fully saturated rings. The highest BCUT2D eigenvalue weighted by atomic mass is 32.2. The van der Waals surface area contributed by atoms with Crippen LogP contribution in [0.1, 0.15) is 48.9 Å². The van der Waals surface area contributed by atoms with Gasteiger partial charge in [-0.1, -0.05) is 48.5 Å². The SMILES string of the molecule is COC(=O)[C@H](Cc1ccc(C2CS(=O)(=O)N(C(C)(C)C)C2=O)c(C)c1)NC(=O)OCc1ccccc1. The normalized spacial score (nSPS) is 18.0. The number of alkyl carbamates (subject to hydrolysis) is 1. The number of nitrogens with one attached hydrogen (secondary N) is 1. The molecule has 1 unspecified atom stereocenters. The van der Waals surface area contributed by atoms with Gasteiger partial charge in [-0.3, -0.25) is 4.79 Å². The van der Waals surface area contributed by atoms with Crippen LogP contribution in [0.5, 0.6) is 0 Å². The number of ether oxygens (including phenoxy) is 2. The second kappa shape index (κ2) is 10.7. The molecule has 2 amide bonds. The summed E-state index contributed by atoms with van der Waals surface area (Å²) in [6.07, 6.45) is -0.633. The van der Waals surface area contributed by atoms with Gasteiger partial charge in [0.1, 0.15) is 12.6 Å². The molecule has 1 aliphatic rings. The van der Waals surface area contributed by atoms with Gasteiger partial charge in [-0.25, -0.2) is 22.3 Å². The largest absolute Gasteiger partial charge is 0.467 e. The van der Waals surface area contributed by atoms with Gasteiger partial charge >= 0.3 is 12.1 Å². The average Bonchev–Trinajstić information content (AvgIpc) is 3.05. The van der Waals surface area contributed by atoms with E-state index in [9.17, 15) is 22.8 Å². The molecule has 10 heteroatoms. The molecule has 2 aromatic rings. The van der Waals surface area contributed by atoms with Crippen molar-refractivity contribution < 1.29 is 32.3 Å². The molecule has 0 saturated carbocycles. The van der Waals surface area contributed by atoms with Crippen molar-refractivity contribution in [3.05, 3.63) is 70.8 Å². The van der Waals surface area contributed by atoms with E-state index >= 15 is 0 Å². The van der Waals surface area contributed by atoms with Crippen LogP contribution >= 0.6 is 0 Å². The first kappa shape index (κ1) is 27.2. The summed E-state index contributed by atoms with van der Waals surface area (Å²) in [6, 6.07) is 13.4. The molecule has 0 aromatic heterocycles. The van der Waals surface area contributed by atoms with Crippen molar-refractivity contribution in [2.24, 2.45) is 0 Å². The second-order valence-corrected chi connectivity index (χ2v) is 11.6. The fourth-order valence-electron chi connectivity index (χ4n) is 4.34. The topological polar surface area (TPSA) is 119 Å². The predicted molar refractivity (Wildman–Crippen MR) is 134 cm³/mol. The first-order valence-electron chi connectivity index (χ1n) is 11.5. The number of benzene rings is 2. The van der Waals surface area contributed by atoms with Gasteiger partial charge in [0, 0.05) is 6.42 Å². The molecule has 1 N–H and O–H groups in total. The van der Waals surface area contributed by atoms with Crippen LogP contribution in [0.25, 0.3) is 0 Å². The molecule has 0 spiro atoms. The van der Waals surface area contributed by atoms with E-state index in [0.717, 1.165) is 9.87 Å². The number of nitrogens with zero attached hydrogens (tertiary/aromatic N) is 1. The molecule has 3 rings (SSSR count). The lowest BCUT2D eigenvalue weighted by atomic mass is 9.92. The summed E-state index contributed by atoms with van der Waals surface area (Å²) in [4.78, 5) is 37.6. The lowest BCUT2D eigenvalue weighted by Gasteiger charge is -2.30. The highest BCUT2D eigenvalue weighted by Gasteiger charge is 2.49. The third-order valence-corrected chi connectivity index (χ3v) is 7.94. The number of carbonyl (C=O) groups is 3. The summed E-state index contributed by atoms with van der Waals surface area (Å²) in [7, 11) is -2.50. The number of esters is 1. The Bertz CT molecular complexity index is 1240. The summed E-state index contributed by atoms with van der Waals surface area (Å²) in [5.41, 5.74) is 1.99. The van der Waals surface area contributed by atoms with Crippen molar-refractivity contribution in [1.29, 1.82) is 0 Å². The Morgan fingerprint density at radius 2 is 1.78 bits per heavy atom. The number of hydrogen-bond acceptors (Lipinski definition) is 7. The van der Waals surface area contributed by atoms with Gasteiger partial charge in [0.25, 0.3) is 0 Å². The third-order valence-electron chi connectivity index (χ3n) is 5.90. The van der Waals surface area contributed by atoms with Crippen molar-refractivity contribution in [3.8, 4) is 0 Å². The number of carbonyl (C=O) groups excluding carboxylic acids is 3. The molecular formula is C26H32N2O7S. The highest BCUT2D eigenvalue weighted by Crippen LogP contribution is 2.36. The van der Waals surface area contributed by atoms with Crippen LogP contribution in [-0.2, 0) is 42.1 Å². The number of amides is 2. The van der Waals surface area contributed by atoms with Crippen molar-refractivity contribution in [1.82, 2.24) is 9.62 Å². The van der Waals surface area contributed by atoms with Crippen LogP contribution in [0.4, 0.5) is 4.79 Å². The fraction of sp³-hybridized carbons (Fsp3) is 0.423. The van der Waals surface area contributed by atoms with E-state index in [2.05, 4.69) is 5.32 Å².